The summed E-state index contributed by atoms with van der Waals surface area (Å²) in [5.74, 6) is -0.127. The molecule has 3 amide bonds. The third-order valence-corrected chi connectivity index (χ3v) is 7.64. The van der Waals surface area contributed by atoms with Gasteiger partial charge in [0.1, 0.15) is 0 Å². The molecule has 2 saturated heterocycles. The third-order valence-electron chi connectivity index (χ3n) is 7.64. The maximum atomic E-state index is 13.0. The summed E-state index contributed by atoms with van der Waals surface area (Å²) in [6, 6.07) is 0.637. The molecular formula is C25H40N6O3. The van der Waals surface area contributed by atoms with Crippen molar-refractivity contribution in [1.29, 1.82) is 0 Å². The molecule has 0 aromatic carbocycles. The smallest absolute Gasteiger partial charge is 0.274 e. The highest BCUT2D eigenvalue weighted by Crippen LogP contribution is 2.25. The van der Waals surface area contributed by atoms with Crippen LogP contribution in [-0.4, -0.2) is 87.5 Å². The van der Waals surface area contributed by atoms with Crippen molar-refractivity contribution in [3.63, 3.8) is 0 Å². The molecule has 188 valence electrons. The molecule has 0 spiro atoms. The summed E-state index contributed by atoms with van der Waals surface area (Å²) in [5.41, 5.74) is 2.39. The molecule has 0 unspecified atom stereocenters. The standard InChI is InChI=1S/C25H40N6O3/c1-19-8-3-4-13-29(19)16-7-12-26-22(32)9-10-23(33)31-17-11-21-20(18-31)24(27-28(21)2)25(34)30-14-5-6-15-30/h19H,3-18H2,1-2H3,(H,26,32)/t19-/m1/s1. The largest absolute Gasteiger partial charge is 0.356 e. The Morgan fingerprint density at radius 3 is 2.53 bits per heavy atom. The second-order valence-corrected chi connectivity index (χ2v) is 10.0. The van der Waals surface area contributed by atoms with Crippen molar-refractivity contribution in [2.75, 3.05) is 39.3 Å². The fraction of sp³-hybridized carbons (Fsp3) is 0.760. The highest BCUT2D eigenvalue weighted by atomic mass is 16.2. The van der Waals surface area contributed by atoms with Crippen molar-refractivity contribution in [3.8, 4) is 0 Å². The van der Waals surface area contributed by atoms with Crippen LogP contribution in [-0.2, 0) is 29.6 Å². The van der Waals surface area contributed by atoms with Crippen molar-refractivity contribution >= 4 is 17.7 Å². The number of carbonyl (C=O) groups excluding carboxylic acids is 3. The lowest BCUT2D eigenvalue weighted by Gasteiger charge is -2.33. The summed E-state index contributed by atoms with van der Waals surface area (Å²) in [7, 11) is 1.87. The third kappa shape index (κ3) is 5.79. The van der Waals surface area contributed by atoms with Crippen LogP contribution in [0.2, 0.25) is 0 Å². The summed E-state index contributed by atoms with van der Waals surface area (Å²) in [5, 5.41) is 7.47. The van der Waals surface area contributed by atoms with Gasteiger partial charge in [0.25, 0.3) is 5.91 Å². The Morgan fingerprint density at radius 1 is 1.00 bits per heavy atom. The molecule has 1 atom stereocenters. The van der Waals surface area contributed by atoms with Gasteiger partial charge in [-0.1, -0.05) is 6.42 Å². The first-order valence-electron chi connectivity index (χ1n) is 13.1. The van der Waals surface area contributed by atoms with Gasteiger partial charge in [0, 0.05) is 82.9 Å². The number of likely N-dealkylation sites (tertiary alicyclic amines) is 2. The minimum Gasteiger partial charge on any atom is -0.356 e. The van der Waals surface area contributed by atoms with Gasteiger partial charge in [-0.3, -0.25) is 19.1 Å². The summed E-state index contributed by atoms with van der Waals surface area (Å²) in [4.78, 5) is 44.2. The predicted molar refractivity (Wildman–Crippen MR) is 129 cm³/mol. The van der Waals surface area contributed by atoms with Gasteiger partial charge >= 0.3 is 0 Å². The van der Waals surface area contributed by atoms with E-state index in [1.165, 1.54) is 19.3 Å². The molecule has 0 radical (unpaired) electrons. The van der Waals surface area contributed by atoms with Gasteiger partial charge in [-0.25, -0.2) is 0 Å². The topological polar surface area (TPSA) is 90.8 Å². The summed E-state index contributed by atoms with van der Waals surface area (Å²) >= 11 is 0. The van der Waals surface area contributed by atoms with Crippen LogP contribution in [0.15, 0.2) is 0 Å². The summed E-state index contributed by atoms with van der Waals surface area (Å²) in [6.45, 7) is 7.65. The average Bonchev–Trinajstić information content (AvgIpc) is 3.49. The van der Waals surface area contributed by atoms with Gasteiger partial charge in [-0.15, -0.1) is 0 Å². The van der Waals surface area contributed by atoms with Crippen molar-refractivity contribution in [2.45, 2.75) is 77.3 Å². The predicted octanol–water partition coefficient (Wildman–Crippen LogP) is 1.70. The Morgan fingerprint density at radius 2 is 1.76 bits per heavy atom. The number of nitrogens with zero attached hydrogens (tertiary/aromatic N) is 5. The van der Waals surface area contributed by atoms with Gasteiger partial charge < -0.3 is 20.0 Å². The molecule has 9 nitrogen and oxygen atoms in total. The van der Waals surface area contributed by atoms with E-state index in [-0.39, 0.29) is 30.6 Å². The number of hydrogen-bond donors (Lipinski definition) is 1. The molecule has 0 bridgehead atoms. The van der Waals surface area contributed by atoms with Gasteiger partial charge in [0.2, 0.25) is 11.8 Å². The Balaban J connectivity index is 1.22. The first-order chi connectivity index (χ1) is 16.4. The van der Waals surface area contributed by atoms with Crippen LogP contribution < -0.4 is 5.32 Å². The average molecular weight is 473 g/mol. The number of aromatic nitrogens is 2. The minimum atomic E-state index is -0.0657. The number of amides is 3. The number of nitrogens with one attached hydrogen (secondary N) is 1. The summed E-state index contributed by atoms with van der Waals surface area (Å²) < 4.78 is 1.79. The minimum absolute atomic E-state index is 0.0260. The van der Waals surface area contributed by atoms with E-state index >= 15 is 0 Å². The molecule has 1 aromatic rings. The molecule has 1 aromatic heterocycles. The van der Waals surface area contributed by atoms with Gasteiger partial charge in [-0.2, -0.15) is 5.10 Å². The maximum absolute atomic E-state index is 13.0. The van der Waals surface area contributed by atoms with E-state index < -0.39 is 0 Å². The fourth-order valence-corrected chi connectivity index (χ4v) is 5.51. The zero-order chi connectivity index (χ0) is 24.1. The van der Waals surface area contributed by atoms with Crippen LogP contribution in [0.1, 0.15) is 80.0 Å². The molecule has 4 heterocycles. The molecule has 3 aliphatic heterocycles. The van der Waals surface area contributed by atoms with Crippen LogP contribution in [0.4, 0.5) is 0 Å². The van der Waals surface area contributed by atoms with Crippen molar-refractivity contribution in [3.05, 3.63) is 17.0 Å². The quantitative estimate of drug-likeness (QED) is 0.582. The number of piperidine rings is 1. The van der Waals surface area contributed by atoms with E-state index in [0.717, 1.165) is 56.7 Å². The summed E-state index contributed by atoms with van der Waals surface area (Å²) in [6.07, 6.45) is 7.93. The molecule has 4 rings (SSSR count). The van der Waals surface area contributed by atoms with Crippen LogP contribution >= 0.6 is 0 Å². The number of fused-ring (bicyclic) bond motifs is 1. The molecule has 3 aliphatic rings. The Bertz CT molecular complexity index is 891. The van der Waals surface area contributed by atoms with Crippen molar-refractivity contribution in [2.24, 2.45) is 7.05 Å². The van der Waals surface area contributed by atoms with E-state index in [2.05, 4.69) is 22.2 Å². The molecule has 34 heavy (non-hydrogen) atoms. The fourth-order valence-electron chi connectivity index (χ4n) is 5.51. The zero-order valence-electron chi connectivity index (χ0n) is 20.9. The first kappa shape index (κ1) is 24.7. The zero-order valence-corrected chi connectivity index (χ0v) is 20.9. The number of carbonyl (C=O) groups is 3. The lowest BCUT2D eigenvalue weighted by atomic mass is 10.0. The lowest BCUT2D eigenvalue weighted by Crippen LogP contribution is -2.39. The highest BCUT2D eigenvalue weighted by Gasteiger charge is 2.32. The second-order valence-electron chi connectivity index (χ2n) is 10.0. The van der Waals surface area contributed by atoms with E-state index in [1.54, 1.807) is 9.58 Å². The van der Waals surface area contributed by atoms with Crippen LogP contribution in [0.25, 0.3) is 0 Å². The monoisotopic (exact) mass is 472 g/mol. The van der Waals surface area contributed by atoms with E-state index in [0.29, 0.717) is 37.8 Å². The number of hydrogen-bond acceptors (Lipinski definition) is 5. The van der Waals surface area contributed by atoms with Gasteiger partial charge in [-0.05, 0) is 45.6 Å². The van der Waals surface area contributed by atoms with Crippen molar-refractivity contribution in [1.82, 2.24) is 29.8 Å². The van der Waals surface area contributed by atoms with Crippen molar-refractivity contribution < 1.29 is 14.4 Å². The van der Waals surface area contributed by atoms with Crippen LogP contribution in [0.5, 0.6) is 0 Å². The maximum Gasteiger partial charge on any atom is 0.274 e. The number of aryl methyl sites for hydroxylation is 1. The second kappa shape index (κ2) is 11.3. The molecule has 1 N–H and O–H groups in total. The highest BCUT2D eigenvalue weighted by molar-refractivity contribution is 5.94. The molecule has 2 fully saturated rings. The van der Waals surface area contributed by atoms with Gasteiger partial charge in [0.05, 0.1) is 0 Å². The molecule has 9 heteroatoms. The van der Waals surface area contributed by atoms with Crippen LogP contribution in [0, 0.1) is 0 Å². The Kier molecular flexibility index (Phi) is 8.24. The van der Waals surface area contributed by atoms with Crippen LogP contribution in [0.3, 0.4) is 0 Å². The SMILES string of the molecule is C[C@@H]1CCCCN1CCCNC(=O)CCC(=O)N1CCc2c(c(C(=O)N3CCCC3)nn2C)C1. The Labute approximate surface area is 202 Å². The first-order valence-corrected chi connectivity index (χ1v) is 13.1. The van der Waals surface area contributed by atoms with E-state index in [4.69, 9.17) is 0 Å². The normalized spacial score (nSPS) is 20.9. The molecule has 0 aliphatic carbocycles. The number of rotatable bonds is 8. The van der Waals surface area contributed by atoms with E-state index in [9.17, 15) is 14.4 Å². The Hall–Kier alpha value is -2.42. The molecular weight excluding hydrogens is 432 g/mol. The van der Waals surface area contributed by atoms with Gasteiger partial charge in [0.15, 0.2) is 5.69 Å². The lowest BCUT2D eigenvalue weighted by molar-refractivity contribution is -0.134. The molecule has 0 saturated carbocycles. The van der Waals surface area contributed by atoms with E-state index in [1.807, 2.05) is 11.9 Å².